The standard InChI is InChI=1S/C14H15NO4/c1-4-5-9-11(19-8-18-3)7-6-10-12(9)14(17)15(2)13(10)16/h4,6-7H,1,5,8H2,2-3H3. The molecule has 2 amide bonds. The summed E-state index contributed by atoms with van der Waals surface area (Å²) >= 11 is 0. The number of fused-ring (bicyclic) bond motifs is 1. The predicted molar refractivity (Wildman–Crippen MR) is 69.3 cm³/mol. The second-order valence-electron chi connectivity index (χ2n) is 4.18. The Kier molecular flexibility index (Phi) is 3.66. The summed E-state index contributed by atoms with van der Waals surface area (Å²) in [5.74, 6) is -0.0553. The maximum Gasteiger partial charge on any atom is 0.261 e. The Bertz CT molecular complexity index is 551. The van der Waals surface area contributed by atoms with E-state index in [2.05, 4.69) is 6.58 Å². The molecule has 1 aromatic rings. The van der Waals surface area contributed by atoms with Crippen LogP contribution in [0.15, 0.2) is 24.8 Å². The smallest absolute Gasteiger partial charge is 0.261 e. The predicted octanol–water partition coefficient (Wildman–Crippen LogP) is 1.62. The first-order chi connectivity index (χ1) is 9.11. The quantitative estimate of drug-likeness (QED) is 0.459. The maximum absolute atomic E-state index is 12.1. The fraction of sp³-hybridized carbons (Fsp3) is 0.286. The van der Waals surface area contributed by atoms with E-state index in [-0.39, 0.29) is 18.6 Å². The molecule has 0 N–H and O–H groups in total. The van der Waals surface area contributed by atoms with Gasteiger partial charge in [-0.25, -0.2) is 0 Å². The Morgan fingerprint density at radius 1 is 1.32 bits per heavy atom. The molecule has 0 unspecified atom stereocenters. The van der Waals surface area contributed by atoms with Crippen molar-refractivity contribution in [2.75, 3.05) is 21.0 Å². The molecule has 1 aliphatic heterocycles. The van der Waals surface area contributed by atoms with Crippen LogP contribution in [-0.4, -0.2) is 37.7 Å². The number of imide groups is 1. The number of rotatable bonds is 5. The summed E-state index contributed by atoms with van der Waals surface area (Å²) in [6.45, 7) is 3.75. The molecular formula is C14H15NO4. The number of allylic oxidation sites excluding steroid dienone is 1. The lowest BCUT2D eigenvalue weighted by Gasteiger charge is -2.12. The van der Waals surface area contributed by atoms with E-state index in [1.165, 1.54) is 14.2 Å². The van der Waals surface area contributed by atoms with Crippen LogP contribution < -0.4 is 4.74 Å². The molecule has 1 aromatic carbocycles. The number of amides is 2. The fourth-order valence-corrected chi connectivity index (χ4v) is 2.10. The SMILES string of the molecule is C=CCc1c(OCOC)ccc2c1C(=O)N(C)C2=O. The topological polar surface area (TPSA) is 55.8 Å². The molecule has 0 saturated heterocycles. The first-order valence-corrected chi connectivity index (χ1v) is 5.82. The van der Waals surface area contributed by atoms with Gasteiger partial charge in [-0.2, -0.15) is 0 Å². The maximum atomic E-state index is 12.1. The molecule has 100 valence electrons. The van der Waals surface area contributed by atoms with Crippen molar-refractivity contribution in [1.82, 2.24) is 4.90 Å². The number of carbonyl (C=O) groups excluding carboxylic acids is 2. The lowest BCUT2D eigenvalue weighted by Crippen LogP contribution is -2.24. The zero-order valence-electron chi connectivity index (χ0n) is 10.9. The minimum absolute atomic E-state index is 0.0842. The number of ether oxygens (including phenoxy) is 2. The lowest BCUT2D eigenvalue weighted by atomic mass is 9.99. The first-order valence-electron chi connectivity index (χ1n) is 5.82. The normalized spacial score (nSPS) is 13.7. The van der Waals surface area contributed by atoms with Crippen molar-refractivity contribution >= 4 is 11.8 Å². The zero-order chi connectivity index (χ0) is 14.0. The van der Waals surface area contributed by atoms with Gasteiger partial charge in [-0.1, -0.05) is 6.08 Å². The third-order valence-electron chi connectivity index (χ3n) is 3.00. The third-order valence-corrected chi connectivity index (χ3v) is 3.00. The van der Waals surface area contributed by atoms with Gasteiger partial charge in [-0.15, -0.1) is 6.58 Å². The highest BCUT2D eigenvalue weighted by Gasteiger charge is 2.35. The zero-order valence-corrected chi connectivity index (χ0v) is 10.9. The van der Waals surface area contributed by atoms with E-state index in [1.807, 2.05) is 0 Å². The summed E-state index contributed by atoms with van der Waals surface area (Å²) in [5.41, 5.74) is 1.49. The Morgan fingerprint density at radius 3 is 2.68 bits per heavy atom. The highest BCUT2D eigenvalue weighted by Crippen LogP contribution is 2.32. The average molecular weight is 261 g/mol. The van der Waals surface area contributed by atoms with Gasteiger partial charge in [0.15, 0.2) is 6.79 Å². The van der Waals surface area contributed by atoms with Crippen LogP contribution in [-0.2, 0) is 11.2 Å². The Labute approximate surface area is 111 Å². The molecular weight excluding hydrogens is 246 g/mol. The second-order valence-corrected chi connectivity index (χ2v) is 4.18. The minimum atomic E-state index is -0.306. The second kappa shape index (κ2) is 5.24. The van der Waals surface area contributed by atoms with Crippen molar-refractivity contribution < 1.29 is 19.1 Å². The highest BCUT2D eigenvalue weighted by molar-refractivity contribution is 6.22. The highest BCUT2D eigenvalue weighted by atomic mass is 16.7. The molecule has 0 atom stereocenters. The van der Waals surface area contributed by atoms with Gasteiger partial charge in [-0.3, -0.25) is 14.5 Å². The van der Waals surface area contributed by atoms with Crippen LogP contribution in [0.2, 0.25) is 0 Å². The number of benzene rings is 1. The monoisotopic (exact) mass is 261 g/mol. The van der Waals surface area contributed by atoms with Gasteiger partial charge in [0.25, 0.3) is 11.8 Å². The van der Waals surface area contributed by atoms with Crippen molar-refractivity contribution in [1.29, 1.82) is 0 Å². The van der Waals surface area contributed by atoms with Crippen molar-refractivity contribution in [3.63, 3.8) is 0 Å². The van der Waals surface area contributed by atoms with Crippen molar-refractivity contribution in [2.24, 2.45) is 0 Å². The Hall–Kier alpha value is -2.14. The van der Waals surface area contributed by atoms with Crippen molar-refractivity contribution in [3.8, 4) is 5.75 Å². The summed E-state index contributed by atoms with van der Waals surface area (Å²) < 4.78 is 10.3. The van der Waals surface area contributed by atoms with Crippen LogP contribution in [0.1, 0.15) is 26.3 Å². The Balaban J connectivity index is 2.54. The van der Waals surface area contributed by atoms with Gasteiger partial charge in [-0.05, 0) is 18.6 Å². The third kappa shape index (κ3) is 2.13. The van der Waals surface area contributed by atoms with E-state index in [0.29, 0.717) is 28.9 Å². The van der Waals surface area contributed by atoms with Crippen molar-refractivity contribution in [3.05, 3.63) is 41.5 Å². The molecule has 19 heavy (non-hydrogen) atoms. The molecule has 0 radical (unpaired) electrons. The van der Waals surface area contributed by atoms with Gasteiger partial charge in [0.2, 0.25) is 0 Å². The summed E-state index contributed by atoms with van der Waals surface area (Å²) in [7, 11) is 2.99. The Morgan fingerprint density at radius 2 is 2.05 bits per heavy atom. The van der Waals surface area contributed by atoms with Gasteiger partial charge < -0.3 is 9.47 Å². The first kappa shape index (κ1) is 13.3. The van der Waals surface area contributed by atoms with E-state index < -0.39 is 0 Å². The minimum Gasteiger partial charge on any atom is -0.467 e. The van der Waals surface area contributed by atoms with Crippen molar-refractivity contribution in [2.45, 2.75) is 6.42 Å². The molecule has 1 heterocycles. The molecule has 5 heteroatoms. The summed E-state index contributed by atoms with van der Waals surface area (Å²) in [4.78, 5) is 25.1. The van der Waals surface area contributed by atoms with E-state index in [4.69, 9.17) is 9.47 Å². The summed E-state index contributed by atoms with van der Waals surface area (Å²) in [6.07, 6.45) is 2.13. The summed E-state index contributed by atoms with van der Waals surface area (Å²) in [5, 5.41) is 0. The molecule has 0 aliphatic carbocycles. The fourth-order valence-electron chi connectivity index (χ4n) is 2.10. The molecule has 0 saturated carbocycles. The van der Waals surface area contributed by atoms with Crippen LogP contribution >= 0.6 is 0 Å². The van der Waals surface area contributed by atoms with E-state index in [0.717, 1.165) is 4.90 Å². The molecule has 0 fully saturated rings. The number of nitrogens with zero attached hydrogens (tertiary/aromatic N) is 1. The summed E-state index contributed by atoms with van der Waals surface area (Å²) in [6, 6.07) is 3.29. The molecule has 5 nitrogen and oxygen atoms in total. The van der Waals surface area contributed by atoms with Gasteiger partial charge in [0.05, 0.1) is 11.1 Å². The van der Waals surface area contributed by atoms with Crippen LogP contribution in [0.25, 0.3) is 0 Å². The average Bonchev–Trinajstić information content (AvgIpc) is 2.63. The number of hydrogen-bond acceptors (Lipinski definition) is 4. The van der Waals surface area contributed by atoms with E-state index in [9.17, 15) is 9.59 Å². The van der Waals surface area contributed by atoms with Gasteiger partial charge in [0.1, 0.15) is 5.75 Å². The molecule has 0 aromatic heterocycles. The molecule has 2 rings (SSSR count). The van der Waals surface area contributed by atoms with Crippen LogP contribution in [0.3, 0.4) is 0 Å². The van der Waals surface area contributed by atoms with Crippen LogP contribution in [0, 0.1) is 0 Å². The molecule has 0 bridgehead atoms. The van der Waals surface area contributed by atoms with Crippen LogP contribution in [0.5, 0.6) is 5.75 Å². The lowest BCUT2D eigenvalue weighted by molar-refractivity contribution is 0.0503. The van der Waals surface area contributed by atoms with E-state index in [1.54, 1.807) is 18.2 Å². The number of carbonyl (C=O) groups is 2. The number of methoxy groups -OCH3 is 1. The van der Waals surface area contributed by atoms with Gasteiger partial charge >= 0.3 is 0 Å². The largest absolute Gasteiger partial charge is 0.467 e. The van der Waals surface area contributed by atoms with E-state index >= 15 is 0 Å². The van der Waals surface area contributed by atoms with Gasteiger partial charge in [0, 0.05) is 19.7 Å². The molecule has 0 spiro atoms. The number of hydrogen-bond donors (Lipinski definition) is 0. The van der Waals surface area contributed by atoms with Crippen LogP contribution in [0.4, 0.5) is 0 Å². The molecule has 1 aliphatic rings.